The fourth-order valence-electron chi connectivity index (χ4n) is 2.45. The van der Waals surface area contributed by atoms with E-state index in [9.17, 15) is 4.79 Å². The lowest BCUT2D eigenvalue weighted by Crippen LogP contribution is -2.50. The first-order valence-electron chi connectivity index (χ1n) is 7.88. The van der Waals surface area contributed by atoms with E-state index >= 15 is 0 Å². The number of amides is 1. The van der Waals surface area contributed by atoms with Crippen LogP contribution in [0.4, 0.5) is 0 Å². The van der Waals surface area contributed by atoms with Crippen molar-refractivity contribution in [2.45, 2.75) is 11.8 Å². The summed E-state index contributed by atoms with van der Waals surface area (Å²) in [5.41, 5.74) is 1.13. The van der Waals surface area contributed by atoms with Crippen LogP contribution in [0.1, 0.15) is 5.56 Å². The molecule has 1 amide bonds. The van der Waals surface area contributed by atoms with Gasteiger partial charge < -0.3 is 20.6 Å². The highest BCUT2D eigenvalue weighted by molar-refractivity contribution is 8.00. The van der Waals surface area contributed by atoms with Crippen molar-refractivity contribution in [3.63, 3.8) is 0 Å². The van der Waals surface area contributed by atoms with Crippen LogP contribution in [-0.4, -0.2) is 66.2 Å². The van der Waals surface area contributed by atoms with Gasteiger partial charge in [0.05, 0.1) is 11.9 Å². The van der Waals surface area contributed by atoms with Gasteiger partial charge in [-0.25, -0.2) is 0 Å². The smallest absolute Gasteiger partial charge is 0.237 e. The maximum Gasteiger partial charge on any atom is 0.237 e. The third-order valence-electron chi connectivity index (χ3n) is 3.69. The average Bonchev–Trinajstić information content (AvgIpc) is 2.60. The second-order valence-electron chi connectivity index (χ2n) is 5.42. The molecule has 1 saturated heterocycles. The molecule has 0 aliphatic carbocycles. The van der Waals surface area contributed by atoms with E-state index in [-0.39, 0.29) is 17.8 Å². The summed E-state index contributed by atoms with van der Waals surface area (Å²) in [5, 5.41) is 16.2. The number of halogens is 1. The quantitative estimate of drug-likeness (QED) is 0.646. The number of benzene rings is 1. The number of carbonyl (C=O) groups excluding carboxylic acids is 1. The number of thioether (sulfide) groups is 1. The van der Waals surface area contributed by atoms with Gasteiger partial charge in [0.2, 0.25) is 5.91 Å². The lowest BCUT2D eigenvalue weighted by atomic mass is 10.2. The summed E-state index contributed by atoms with van der Waals surface area (Å²) in [7, 11) is 0. The van der Waals surface area contributed by atoms with Gasteiger partial charge in [-0.3, -0.25) is 4.79 Å². The van der Waals surface area contributed by atoms with Gasteiger partial charge in [-0.05, 0) is 17.7 Å². The predicted molar refractivity (Wildman–Crippen MR) is 95.9 cm³/mol. The maximum atomic E-state index is 12.6. The molecule has 23 heavy (non-hydrogen) atoms. The molecule has 1 heterocycles. The molecule has 2 rings (SSSR count). The molecule has 7 heteroatoms. The first kappa shape index (κ1) is 18.5. The van der Waals surface area contributed by atoms with Crippen molar-refractivity contribution in [3.8, 4) is 0 Å². The summed E-state index contributed by atoms with van der Waals surface area (Å²) >= 11 is 7.39. The summed E-state index contributed by atoms with van der Waals surface area (Å²) in [6, 6.07) is 7.68. The Bertz CT molecular complexity index is 481. The number of carbonyl (C=O) groups is 1. The molecule has 1 atom stereocenters. The maximum absolute atomic E-state index is 12.6. The van der Waals surface area contributed by atoms with Gasteiger partial charge in [0.1, 0.15) is 0 Å². The molecule has 0 radical (unpaired) electrons. The van der Waals surface area contributed by atoms with Crippen LogP contribution in [0.5, 0.6) is 0 Å². The van der Waals surface area contributed by atoms with Gasteiger partial charge in [-0.1, -0.05) is 23.7 Å². The average molecular weight is 358 g/mol. The van der Waals surface area contributed by atoms with Crippen molar-refractivity contribution >= 4 is 29.3 Å². The standard InChI is InChI=1S/C16H24ClN3O2S/c17-14-3-1-13(2-4-14)11-19-12-15(23-10-9-21)16(22)20-7-5-18-6-8-20/h1-4,15,18-19,21H,5-12H2. The van der Waals surface area contributed by atoms with E-state index in [2.05, 4.69) is 10.6 Å². The van der Waals surface area contributed by atoms with Crippen LogP contribution >= 0.6 is 23.4 Å². The van der Waals surface area contributed by atoms with E-state index < -0.39 is 0 Å². The molecular formula is C16H24ClN3O2S. The van der Waals surface area contributed by atoms with Crippen LogP contribution in [0.2, 0.25) is 5.02 Å². The second kappa shape index (κ2) is 10.2. The molecule has 0 aromatic heterocycles. The largest absolute Gasteiger partial charge is 0.396 e. The molecule has 1 aliphatic heterocycles. The first-order valence-corrected chi connectivity index (χ1v) is 9.30. The minimum Gasteiger partial charge on any atom is -0.396 e. The molecule has 0 spiro atoms. The fraction of sp³-hybridized carbons (Fsp3) is 0.562. The van der Waals surface area contributed by atoms with Crippen molar-refractivity contribution in [3.05, 3.63) is 34.9 Å². The van der Waals surface area contributed by atoms with Gasteiger partial charge in [-0.15, -0.1) is 11.8 Å². The summed E-state index contributed by atoms with van der Waals surface area (Å²) in [4.78, 5) is 14.5. The van der Waals surface area contributed by atoms with Gasteiger partial charge in [0.25, 0.3) is 0 Å². The van der Waals surface area contributed by atoms with E-state index in [1.165, 1.54) is 11.8 Å². The molecule has 0 saturated carbocycles. The summed E-state index contributed by atoms with van der Waals surface area (Å²) < 4.78 is 0. The molecule has 128 valence electrons. The fourth-order valence-corrected chi connectivity index (χ4v) is 3.49. The van der Waals surface area contributed by atoms with Crippen LogP contribution in [-0.2, 0) is 11.3 Å². The van der Waals surface area contributed by atoms with Crippen LogP contribution in [0.25, 0.3) is 0 Å². The molecule has 1 unspecified atom stereocenters. The Hall–Kier alpha value is -0.790. The topological polar surface area (TPSA) is 64.6 Å². The number of hydrogen-bond donors (Lipinski definition) is 3. The summed E-state index contributed by atoms with van der Waals surface area (Å²) in [6.07, 6.45) is 0. The highest BCUT2D eigenvalue weighted by atomic mass is 35.5. The Morgan fingerprint density at radius 1 is 1.35 bits per heavy atom. The van der Waals surface area contributed by atoms with Crippen LogP contribution in [0.15, 0.2) is 24.3 Å². The Morgan fingerprint density at radius 3 is 2.70 bits per heavy atom. The first-order chi connectivity index (χ1) is 11.2. The SMILES string of the molecule is O=C(C(CNCc1ccc(Cl)cc1)SCCO)N1CCNCC1. The Labute approximate surface area is 146 Å². The molecular weight excluding hydrogens is 334 g/mol. The predicted octanol–water partition coefficient (Wildman–Crippen LogP) is 0.955. The monoisotopic (exact) mass is 357 g/mol. The number of hydrogen-bond acceptors (Lipinski definition) is 5. The zero-order valence-corrected chi connectivity index (χ0v) is 14.7. The van der Waals surface area contributed by atoms with Gasteiger partial charge in [0, 0.05) is 50.0 Å². The lowest BCUT2D eigenvalue weighted by molar-refractivity contribution is -0.131. The van der Waals surface area contributed by atoms with Crippen molar-refractivity contribution in [2.75, 3.05) is 45.1 Å². The van der Waals surface area contributed by atoms with E-state index in [0.29, 0.717) is 18.8 Å². The number of nitrogens with zero attached hydrogens (tertiary/aromatic N) is 1. The summed E-state index contributed by atoms with van der Waals surface area (Å²) in [6.45, 7) is 4.59. The third kappa shape index (κ3) is 6.31. The van der Waals surface area contributed by atoms with Crippen LogP contribution in [0, 0.1) is 0 Å². The van der Waals surface area contributed by atoms with Gasteiger partial charge >= 0.3 is 0 Å². The Kier molecular flexibility index (Phi) is 8.19. The number of aliphatic hydroxyl groups excluding tert-OH is 1. The van der Waals surface area contributed by atoms with Crippen molar-refractivity contribution in [2.24, 2.45) is 0 Å². The number of nitrogens with one attached hydrogen (secondary N) is 2. The molecule has 3 N–H and O–H groups in total. The zero-order chi connectivity index (χ0) is 16.5. The Morgan fingerprint density at radius 2 is 2.04 bits per heavy atom. The molecule has 1 aromatic carbocycles. The molecule has 1 aromatic rings. The summed E-state index contributed by atoms with van der Waals surface area (Å²) in [5.74, 6) is 0.735. The lowest BCUT2D eigenvalue weighted by Gasteiger charge is -2.30. The van der Waals surface area contributed by atoms with E-state index in [1.54, 1.807) is 0 Å². The highest BCUT2D eigenvalue weighted by Gasteiger charge is 2.25. The number of rotatable bonds is 8. The molecule has 5 nitrogen and oxygen atoms in total. The van der Waals surface area contributed by atoms with Crippen LogP contribution in [0.3, 0.4) is 0 Å². The normalized spacial score (nSPS) is 16.3. The minimum atomic E-state index is -0.160. The molecule has 1 fully saturated rings. The van der Waals surface area contributed by atoms with Crippen molar-refractivity contribution in [1.82, 2.24) is 15.5 Å². The number of aliphatic hydroxyl groups is 1. The van der Waals surface area contributed by atoms with Crippen LogP contribution < -0.4 is 10.6 Å². The van der Waals surface area contributed by atoms with Gasteiger partial charge in [0.15, 0.2) is 0 Å². The highest BCUT2D eigenvalue weighted by Crippen LogP contribution is 2.14. The zero-order valence-electron chi connectivity index (χ0n) is 13.1. The molecule has 0 bridgehead atoms. The van der Waals surface area contributed by atoms with E-state index in [0.717, 1.165) is 36.8 Å². The third-order valence-corrected chi connectivity index (χ3v) is 5.13. The Balaban J connectivity index is 1.84. The minimum absolute atomic E-state index is 0.0905. The van der Waals surface area contributed by atoms with Crippen molar-refractivity contribution in [1.29, 1.82) is 0 Å². The van der Waals surface area contributed by atoms with Crippen molar-refractivity contribution < 1.29 is 9.90 Å². The molecule has 1 aliphatic rings. The number of piperazine rings is 1. The van der Waals surface area contributed by atoms with E-state index in [4.69, 9.17) is 16.7 Å². The van der Waals surface area contributed by atoms with Gasteiger partial charge in [-0.2, -0.15) is 0 Å². The van der Waals surface area contributed by atoms with E-state index in [1.807, 2.05) is 29.2 Å². The second-order valence-corrected chi connectivity index (χ2v) is 7.16.